The van der Waals surface area contributed by atoms with Gasteiger partial charge in [0.05, 0.1) is 18.4 Å². The van der Waals surface area contributed by atoms with Crippen molar-refractivity contribution in [1.82, 2.24) is 4.90 Å². The molecule has 3 nitrogen and oxygen atoms in total. The van der Waals surface area contributed by atoms with Crippen LogP contribution < -0.4 is 0 Å². The normalized spacial score (nSPS) is 42.2. The van der Waals surface area contributed by atoms with Crippen molar-refractivity contribution in [2.45, 2.75) is 13.0 Å². The summed E-state index contributed by atoms with van der Waals surface area (Å²) in [4.78, 5) is 27.1. The maximum atomic E-state index is 12.8. The second kappa shape index (κ2) is 3.85. The second-order valence-electron chi connectivity index (χ2n) is 6.90. The minimum atomic E-state index is -0.0695. The molecule has 0 spiro atoms. The van der Waals surface area contributed by atoms with Crippen LogP contribution in [-0.2, 0) is 16.1 Å². The van der Waals surface area contributed by atoms with Crippen LogP contribution in [0.15, 0.2) is 42.5 Å². The summed E-state index contributed by atoms with van der Waals surface area (Å²) in [5, 5.41) is 0. The van der Waals surface area contributed by atoms with Crippen molar-refractivity contribution in [2.24, 2.45) is 35.5 Å². The molecule has 2 amide bonds. The van der Waals surface area contributed by atoms with Gasteiger partial charge in [-0.25, -0.2) is 0 Å². The molecule has 5 aliphatic rings. The largest absolute Gasteiger partial charge is 0.278 e. The van der Waals surface area contributed by atoms with E-state index in [9.17, 15) is 9.59 Å². The molecule has 0 unspecified atom stereocenters. The summed E-state index contributed by atoms with van der Waals surface area (Å²) in [5.41, 5.74) is 1.03. The third-order valence-electron chi connectivity index (χ3n) is 5.94. The number of allylic oxidation sites excluding steroid dienone is 2. The van der Waals surface area contributed by atoms with Gasteiger partial charge >= 0.3 is 0 Å². The van der Waals surface area contributed by atoms with Crippen LogP contribution in [0.3, 0.4) is 0 Å². The minimum absolute atomic E-state index is 0.0681. The molecule has 1 saturated heterocycles. The van der Waals surface area contributed by atoms with E-state index in [-0.39, 0.29) is 23.7 Å². The lowest BCUT2D eigenvalue weighted by Gasteiger charge is -2.37. The fraction of sp³-hybridized carbons (Fsp3) is 0.444. The first-order valence-corrected chi connectivity index (χ1v) is 7.83. The van der Waals surface area contributed by atoms with Crippen molar-refractivity contribution < 1.29 is 9.59 Å². The van der Waals surface area contributed by atoms with E-state index in [1.165, 1.54) is 11.3 Å². The Morgan fingerprint density at radius 3 is 2.05 bits per heavy atom. The van der Waals surface area contributed by atoms with Gasteiger partial charge in [-0.3, -0.25) is 14.5 Å². The molecule has 2 bridgehead atoms. The fourth-order valence-corrected chi connectivity index (χ4v) is 4.94. The van der Waals surface area contributed by atoms with Crippen LogP contribution >= 0.6 is 0 Å². The van der Waals surface area contributed by atoms with Crippen molar-refractivity contribution in [2.75, 3.05) is 0 Å². The molecule has 0 aromatic heterocycles. The van der Waals surface area contributed by atoms with Crippen LogP contribution in [-0.4, -0.2) is 16.7 Å². The number of benzene rings is 1. The highest BCUT2D eigenvalue weighted by atomic mass is 16.2. The lowest BCUT2D eigenvalue weighted by atomic mass is 9.63. The standard InChI is InChI=1S/C18H17NO2/c20-17-15-11-6-7-12(14-8-13(11)14)16(15)18(21)19(17)9-10-4-2-1-3-5-10/h1-7,11-16H,8-9H2/t11-,12-,13-,14-,15-,16+/m1/s1. The fourth-order valence-electron chi connectivity index (χ4n) is 4.94. The maximum absolute atomic E-state index is 12.8. The van der Waals surface area contributed by atoms with Gasteiger partial charge in [-0.2, -0.15) is 0 Å². The summed E-state index contributed by atoms with van der Waals surface area (Å²) in [5.74, 6) is 1.99. The number of nitrogens with zero attached hydrogens (tertiary/aromatic N) is 1. The topological polar surface area (TPSA) is 37.4 Å². The predicted molar refractivity (Wildman–Crippen MR) is 76.7 cm³/mol. The number of carbonyl (C=O) groups is 2. The van der Waals surface area contributed by atoms with Gasteiger partial charge in [0.15, 0.2) is 0 Å². The highest BCUT2D eigenvalue weighted by Crippen LogP contribution is 2.65. The predicted octanol–water partition coefficient (Wildman–Crippen LogP) is 2.24. The van der Waals surface area contributed by atoms with Gasteiger partial charge in [-0.1, -0.05) is 42.5 Å². The molecule has 2 saturated carbocycles. The van der Waals surface area contributed by atoms with Crippen LogP contribution in [0.5, 0.6) is 0 Å². The first-order valence-electron chi connectivity index (χ1n) is 7.83. The molecule has 0 N–H and O–H groups in total. The second-order valence-corrected chi connectivity index (χ2v) is 6.90. The van der Waals surface area contributed by atoms with Crippen LogP contribution in [0.25, 0.3) is 0 Å². The Morgan fingerprint density at radius 1 is 0.905 bits per heavy atom. The van der Waals surface area contributed by atoms with Gasteiger partial charge in [0, 0.05) is 0 Å². The number of rotatable bonds is 2. The zero-order chi connectivity index (χ0) is 14.1. The Bertz CT molecular complexity index is 629. The molecule has 21 heavy (non-hydrogen) atoms. The van der Waals surface area contributed by atoms with Gasteiger partial charge < -0.3 is 0 Å². The quantitative estimate of drug-likeness (QED) is 0.615. The average molecular weight is 279 g/mol. The summed E-state index contributed by atoms with van der Waals surface area (Å²) in [6.07, 6.45) is 5.66. The van der Waals surface area contributed by atoms with E-state index in [1.54, 1.807) is 0 Å². The number of likely N-dealkylation sites (tertiary alicyclic amines) is 1. The van der Waals surface area contributed by atoms with E-state index >= 15 is 0 Å². The van der Waals surface area contributed by atoms with E-state index < -0.39 is 0 Å². The van der Waals surface area contributed by atoms with E-state index in [1.807, 2.05) is 30.3 Å². The Morgan fingerprint density at radius 2 is 1.48 bits per heavy atom. The van der Waals surface area contributed by atoms with E-state index in [2.05, 4.69) is 12.2 Å². The highest BCUT2D eigenvalue weighted by molar-refractivity contribution is 6.06. The first kappa shape index (κ1) is 11.7. The first-order chi connectivity index (χ1) is 10.3. The lowest BCUT2D eigenvalue weighted by molar-refractivity contribution is -0.140. The molecule has 1 aromatic rings. The van der Waals surface area contributed by atoms with E-state index in [4.69, 9.17) is 0 Å². The molecule has 106 valence electrons. The van der Waals surface area contributed by atoms with Crippen molar-refractivity contribution in [3.63, 3.8) is 0 Å². The van der Waals surface area contributed by atoms with Crippen LogP contribution in [0.4, 0.5) is 0 Å². The molecule has 3 fully saturated rings. The number of hydrogen-bond acceptors (Lipinski definition) is 2. The third kappa shape index (κ3) is 1.44. The van der Waals surface area contributed by atoms with Gasteiger partial charge in [-0.05, 0) is 35.7 Å². The Hall–Kier alpha value is -1.90. The van der Waals surface area contributed by atoms with Crippen LogP contribution in [0.1, 0.15) is 12.0 Å². The van der Waals surface area contributed by atoms with Gasteiger partial charge in [-0.15, -0.1) is 0 Å². The molecule has 4 aliphatic carbocycles. The minimum Gasteiger partial charge on any atom is -0.278 e. The Kier molecular flexibility index (Phi) is 2.15. The number of imide groups is 1. The average Bonchev–Trinajstić information content (AvgIpc) is 3.30. The molecule has 0 radical (unpaired) electrons. The van der Waals surface area contributed by atoms with Gasteiger partial charge in [0.1, 0.15) is 0 Å². The van der Waals surface area contributed by atoms with Gasteiger partial charge in [0.2, 0.25) is 11.8 Å². The molecular formula is C18H17NO2. The molecule has 6 rings (SSSR count). The highest BCUT2D eigenvalue weighted by Gasteiger charge is 2.66. The summed E-state index contributed by atoms with van der Waals surface area (Å²) in [7, 11) is 0. The summed E-state index contributed by atoms with van der Waals surface area (Å²) >= 11 is 0. The Balaban J connectivity index is 1.49. The van der Waals surface area contributed by atoms with Crippen LogP contribution in [0, 0.1) is 35.5 Å². The SMILES string of the molecule is O=C1[C@@H]2[C@@H]3C=C[C@H]([C@H]4C[C@H]34)[C@@H]2C(=O)N1Cc1ccccc1. The van der Waals surface area contributed by atoms with E-state index in [0.717, 1.165) is 5.56 Å². The molecule has 1 aliphatic heterocycles. The van der Waals surface area contributed by atoms with Crippen LogP contribution in [0.2, 0.25) is 0 Å². The number of carbonyl (C=O) groups excluding carboxylic acids is 2. The van der Waals surface area contributed by atoms with Crippen molar-refractivity contribution in [3.05, 3.63) is 48.0 Å². The molecule has 1 aromatic carbocycles. The zero-order valence-electron chi connectivity index (χ0n) is 11.7. The maximum Gasteiger partial charge on any atom is 0.234 e. The number of hydrogen-bond donors (Lipinski definition) is 0. The Labute approximate surface area is 123 Å². The molecule has 1 heterocycles. The van der Waals surface area contributed by atoms with Crippen molar-refractivity contribution in [3.8, 4) is 0 Å². The summed E-state index contributed by atoms with van der Waals surface area (Å²) < 4.78 is 0. The molecule has 6 atom stereocenters. The molecule has 3 heteroatoms. The van der Waals surface area contributed by atoms with E-state index in [0.29, 0.717) is 30.2 Å². The zero-order valence-corrected chi connectivity index (χ0v) is 11.7. The molecular weight excluding hydrogens is 262 g/mol. The third-order valence-corrected chi connectivity index (χ3v) is 5.94. The van der Waals surface area contributed by atoms with Crippen molar-refractivity contribution in [1.29, 1.82) is 0 Å². The lowest BCUT2D eigenvalue weighted by Crippen LogP contribution is -2.40. The summed E-state index contributed by atoms with van der Waals surface area (Å²) in [6.45, 7) is 0.431. The van der Waals surface area contributed by atoms with Crippen molar-refractivity contribution >= 4 is 11.8 Å². The monoisotopic (exact) mass is 279 g/mol. The number of amides is 2. The smallest absolute Gasteiger partial charge is 0.234 e. The summed E-state index contributed by atoms with van der Waals surface area (Å²) in [6, 6.07) is 9.82. The van der Waals surface area contributed by atoms with Gasteiger partial charge in [0.25, 0.3) is 0 Å².